The van der Waals surface area contributed by atoms with E-state index < -0.39 is 6.43 Å². The highest BCUT2D eigenvalue weighted by atomic mass is 79.9. The molecule has 0 saturated heterocycles. The molecule has 0 atom stereocenters. The fourth-order valence-electron chi connectivity index (χ4n) is 0.881. The highest BCUT2D eigenvalue weighted by molar-refractivity contribution is 9.11. The lowest BCUT2D eigenvalue weighted by Crippen LogP contribution is -1.96. The molecular weight excluding hydrogens is 331 g/mol. The molecule has 72 valence electrons. The Morgan fingerprint density at radius 1 is 1.46 bits per heavy atom. The standard InChI is InChI=1S/C7H4Br2ClF2N/c8-4-1-3(2-10)5(7(11)12)6(9)13-4/h1,7H,2H2. The normalized spacial score (nSPS) is 10.9. The maximum Gasteiger partial charge on any atom is 0.266 e. The average Bonchev–Trinajstić information content (AvgIpc) is 2.01. The predicted octanol–water partition coefficient (Wildman–Crippen LogP) is 4.28. The van der Waals surface area contributed by atoms with Gasteiger partial charge in [0.2, 0.25) is 0 Å². The molecule has 6 heteroatoms. The van der Waals surface area contributed by atoms with Crippen molar-refractivity contribution in [1.82, 2.24) is 4.98 Å². The summed E-state index contributed by atoms with van der Waals surface area (Å²) in [5.74, 6) is 0.0411. The third-order valence-corrected chi connectivity index (χ3v) is 2.73. The van der Waals surface area contributed by atoms with Crippen LogP contribution >= 0.6 is 43.5 Å². The van der Waals surface area contributed by atoms with Gasteiger partial charge in [-0.15, -0.1) is 11.6 Å². The molecule has 1 aromatic heterocycles. The first-order valence-electron chi connectivity index (χ1n) is 3.25. The van der Waals surface area contributed by atoms with E-state index >= 15 is 0 Å². The molecule has 0 aliphatic heterocycles. The van der Waals surface area contributed by atoms with E-state index in [-0.39, 0.29) is 16.0 Å². The van der Waals surface area contributed by atoms with Crippen molar-refractivity contribution in [3.05, 3.63) is 26.4 Å². The van der Waals surface area contributed by atoms with Gasteiger partial charge in [0.05, 0.1) is 5.56 Å². The molecule has 0 N–H and O–H groups in total. The van der Waals surface area contributed by atoms with Gasteiger partial charge in [-0.3, -0.25) is 0 Å². The third kappa shape index (κ3) is 2.60. The van der Waals surface area contributed by atoms with Crippen LogP contribution in [0.3, 0.4) is 0 Å². The topological polar surface area (TPSA) is 12.9 Å². The molecule has 0 fully saturated rings. The minimum Gasteiger partial charge on any atom is -0.233 e. The zero-order valence-corrected chi connectivity index (χ0v) is 10.1. The predicted molar refractivity (Wildman–Crippen MR) is 54.2 cm³/mol. The molecular formula is C7H4Br2ClF2N. The van der Waals surface area contributed by atoms with E-state index in [2.05, 4.69) is 36.8 Å². The summed E-state index contributed by atoms with van der Waals surface area (Å²) in [5, 5.41) is 0. The van der Waals surface area contributed by atoms with Crippen LogP contribution in [-0.4, -0.2) is 4.98 Å². The van der Waals surface area contributed by atoms with Crippen molar-refractivity contribution in [3.8, 4) is 0 Å². The van der Waals surface area contributed by atoms with Gasteiger partial charge in [0.25, 0.3) is 6.43 Å². The Hall–Kier alpha value is 0.260. The van der Waals surface area contributed by atoms with Gasteiger partial charge >= 0.3 is 0 Å². The highest BCUT2D eigenvalue weighted by Gasteiger charge is 2.18. The molecule has 1 heterocycles. The Balaban J connectivity index is 3.30. The van der Waals surface area contributed by atoms with E-state index in [1.807, 2.05) is 0 Å². The van der Waals surface area contributed by atoms with Gasteiger partial charge in [0.1, 0.15) is 9.21 Å². The van der Waals surface area contributed by atoms with E-state index in [0.29, 0.717) is 10.2 Å². The maximum absolute atomic E-state index is 12.5. The van der Waals surface area contributed by atoms with E-state index in [0.717, 1.165) is 0 Å². The Morgan fingerprint density at radius 2 is 2.08 bits per heavy atom. The van der Waals surface area contributed by atoms with Gasteiger partial charge in [0.15, 0.2) is 0 Å². The molecule has 0 aliphatic carbocycles. The molecule has 0 amide bonds. The van der Waals surface area contributed by atoms with Crippen molar-refractivity contribution in [3.63, 3.8) is 0 Å². The van der Waals surface area contributed by atoms with Crippen LogP contribution in [0.5, 0.6) is 0 Å². The van der Waals surface area contributed by atoms with Crippen molar-refractivity contribution in [2.24, 2.45) is 0 Å². The van der Waals surface area contributed by atoms with Gasteiger partial charge in [-0.25, -0.2) is 13.8 Å². The first-order chi connectivity index (χ1) is 6.06. The lowest BCUT2D eigenvalue weighted by atomic mass is 10.2. The lowest BCUT2D eigenvalue weighted by Gasteiger charge is -2.08. The average molecular weight is 335 g/mol. The fraction of sp³-hybridized carbons (Fsp3) is 0.286. The van der Waals surface area contributed by atoms with Gasteiger partial charge < -0.3 is 0 Å². The van der Waals surface area contributed by atoms with E-state index in [4.69, 9.17) is 11.6 Å². The largest absolute Gasteiger partial charge is 0.266 e. The number of nitrogens with zero attached hydrogens (tertiary/aromatic N) is 1. The van der Waals surface area contributed by atoms with Crippen LogP contribution in [0.1, 0.15) is 17.6 Å². The second-order valence-electron chi connectivity index (χ2n) is 2.24. The second kappa shape index (κ2) is 4.66. The smallest absolute Gasteiger partial charge is 0.233 e. The molecule has 1 aromatic rings. The molecule has 0 unspecified atom stereocenters. The zero-order chi connectivity index (χ0) is 10.0. The van der Waals surface area contributed by atoms with Crippen LogP contribution in [-0.2, 0) is 5.88 Å². The number of aromatic nitrogens is 1. The van der Waals surface area contributed by atoms with Crippen molar-refractivity contribution in [2.75, 3.05) is 0 Å². The van der Waals surface area contributed by atoms with Gasteiger partial charge in [-0.2, -0.15) is 0 Å². The van der Waals surface area contributed by atoms with Crippen LogP contribution in [0, 0.1) is 0 Å². The number of hydrogen-bond donors (Lipinski definition) is 0. The molecule has 0 bridgehead atoms. The monoisotopic (exact) mass is 333 g/mol. The van der Waals surface area contributed by atoms with Crippen LogP contribution in [0.2, 0.25) is 0 Å². The van der Waals surface area contributed by atoms with Crippen LogP contribution in [0.25, 0.3) is 0 Å². The molecule has 0 aliphatic rings. The van der Waals surface area contributed by atoms with Crippen molar-refractivity contribution < 1.29 is 8.78 Å². The SMILES string of the molecule is FC(F)c1c(CCl)cc(Br)nc1Br. The van der Waals surface area contributed by atoms with E-state index in [1.54, 1.807) is 0 Å². The Kier molecular flexibility index (Phi) is 4.06. The summed E-state index contributed by atoms with van der Waals surface area (Å²) in [5.41, 5.74) is 0.239. The van der Waals surface area contributed by atoms with Crippen molar-refractivity contribution in [2.45, 2.75) is 12.3 Å². The molecule has 0 spiro atoms. The first-order valence-corrected chi connectivity index (χ1v) is 5.37. The van der Waals surface area contributed by atoms with E-state index in [1.165, 1.54) is 6.07 Å². The molecule has 1 rings (SSSR count). The first kappa shape index (κ1) is 11.3. The molecule has 13 heavy (non-hydrogen) atoms. The highest BCUT2D eigenvalue weighted by Crippen LogP contribution is 2.31. The number of alkyl halides is 3. The summed E-state index contributed by atoms with van der Waals surface area (Å²) in [4.78, 5) is 3.80. The fourth-order valence-corrected chi connectivity index (χ4v) is 2.41. The van der Waals surface area contributed by atoms with Crippen LogP contribution in [0.15, 0.2) is 15.3 Å². The van der Waals surface area contributed by atoms with Crippen molar-refractivity contribution >= 4 is 43.5 Å². The Morgan fingerprint density at radius 3 is 2.54 bits per heavy atom. The molecule has 0 aromatic carbocycles. The Labute approximate surface area is 95.8 Å². The van der Waals surface area contributed by atoms with Crippen LogP contribution in [0.4, 0.5) is 8.78 Å². The summed E-state index contributed by atoms with van der Waals surface area (Å²) in [6.07, 6.45) is -2.57. The van der Waals surface area contributed by atoms with Crippen molar-refractivity contribution in [1.29, 1.82) is 0 Å². The minimum absolute atomic E-state index is 0.0411. The lowest BCUT2D eigenvalue weighted by molar-refractivity contribution is 0.149. The third-order valence-electron chi connectivity index (χ3n) is 1.43. The van der Waals surface area contributed by atoms with Crippen LogP contribution < -0.4 is 0 Å². The Bertz CT molecular complexity index is 320. The minimum atomic E-state index is -2.57. The van der Waals surface area contributed by atoms with Gasteiger partial charge in [0, 0.05) is 5.88 Å². The summed E-state index contributed by atoms with van der Waals surface area (Å²) in [6.45, 7) is 0. The summed E-state index contributed by atoms with van der Waals surface area (Å²) in [6, 6.07) is 1.49. The number of pyridine rings is 1. The molecule has 0 radical (unpaired) electrons. The molecule has 1 nitrogen and oxygen atoms in total. The number of hydrogen-bond acceptors (Lipinski definition) is 1. The maximum atomic E-state index is 12.5. The summed E-state index contributed by atoms with van der Waals surface area (Å²) in [7, 11) is 0. The second-order valence-corrected chi connectivity index (χ2v) is 4.07. The van der Waals surface area contributed by atoms with E-state index in [9.17, 15) is 8.78 Å². The van der Waals surface area contributed by atoms with Gasteiger partial charge in [-0.1, -0.05) is 0 Å². The summed E-state index contributed by atoms with van der Waals surface area (Å²) < 4.78 is 25.5. The quantitative estimate of drug-likeness (QED) is 0.581. The number of halogens is 5. The molecule has 0 saturated carbocycles. The number of rotatable bonds is 2. The zero-order valence-electron chi connectivity index (χ0n) is 6.20. The summed E-state index contributed by atoms with van der Waals surface area (Å²) >= 11 is 11.6. The van der Waals surface area contributed by atoms with Gasteiger partial charge in [-0.05, 0) is 43.5 Å².